The minimum absolute atomic E-state index is 0.0824. The molecule has 3 atom stereocenters. The van der Waals surface area contributed by atoms with Crippen LogP contribution in [0.2, 0.25) is 5.02 Å². The van der Waals surface area contributed by atoms with Crippen molar-refractivity contribution in [3.05, 3.63) is 120 Å². The van der Waals surface area contributed by atoms with E-state index < -0.39 is 26.7 Å². The van der Waals surface area contributed by atoms with Crippen LogP contribution in [0.1, 0.15) is 28.8 Å². The number of aliphatic carboxylic acids is 1. The molecule has 0 saturated heterocycles. The molecule has 3 aromatic carbocycles. The van der Waals surface area contributed by atoms with Gasteiger partial charge in [0, 0.05) is 28.9 Å². The molecule has 1 saturated carbocycles. The van der Waals surface area contributed by atoms with E-state index >= 15 is 0 Å². The predicted octanol–water partition coefficient (Wildman–Crippen LogP) is 5.48. The first-order valence-electron chi connectivity index (χ1n) is 11.4. The Labute approximate surface area is 214 Å². The van der Waals surface area contributed by atoms with Crippen LogP contribution in [0.4, 0.5) is 0 Å². The third-order valence-corrected chi connectivity index (χ3v) is 8.78. The number of carboxylic acids is 1. The average molecular weight is 519 g/mol. The maximum atomic E-state index is 13.9. The topological polar surface area (TPSA) is 96.4 Å². The van der Waals surface area contributed by atoms with Crippen LogP contribution in [-0.2, 0) is 14.6 Å². The smallest absolute Gasteiger partial charge is 0.324 e. The lowest BCUT2D eigenvalue weighted by molar-refractivity contribution is -0.141. The minimum Gasteiger partial charge on any atom is -0.480 e. The van der Waals surface area contributed by atoms with Crippen molar-refractivity contribution in [1.82, 2.24) is 10.3 Å². The van der Waals surface area contributed by atoms with Crippen molar-refractivity contribution in [2.45, 2.75) is 28.1 Å². The number of pyridine rings is 1. The molecule has 36 heavy (non-hydrogen) atoms. The van der Waals surface area contributed by atoms with Crippen molar-refractivity contribution < 1.29 is 18.3 Å². The number of nitrogens with one attached hydrogen (secondary N) is 1. The highest BCUT2D eigenvalue weighted by atomic mass is 35.5. The molecule has 5 rings (SSSR count). The summed E-state index contributed by atoms with van der Waals surface area (Å²) in [7, 11) is -4.03. The van der Waals surface area contributed by atoms with Gasteiger partial charge in [0.25, 0.3) is 0 Å². The van der Waals surface area contributed by atoms with Crippen molar-refractivity contribution in [3.63, 3.8) is 0 Å². The monoisotopic (exact) mass is 518 g/mol. The lowest BCUT2D eigenvalue weighted by Crippen LogP contribution is -2.45. The summed E-state index contributed by atoms with van der Waals surface area (Å²) in [5, 5.41) is 12.5. The highest BCUT2D eigenvalue weighted by Crippen LogP contribution is 2.53. The Morgan fingerprint density at radius 2 is 1.58 bits per heavy atom. The van der Waals surface area contributed by atoms with Crippen molar-refractivity contribution in [1.29, 1.82) is 0 Å². The van der Waals surface area contributed by atoms with E-state index in [-0.39, 0.29) is 17.2 Å². The number of benzene rings is 3. The van der Waals surface area contributed by atoms with Gasteiger partial charge in [0.2, 0.25) is 0 Å². The predicted molar refractivity (Wildman–Crippen MR) is 138 cm³/mol. The summed E-state index contributed by atoms with van der Waals surface area (Å²) >= 11 is 5.97. The molecule has 8 heteroatoms. The van der Waals surface area contributed by atoms with E-state index in [1.54, 1.807) is 54.7 Å². The van der Waals surface area contributed by atoms with Crippen molar-refractivity contribution >= 4 is 27.4 Å². The number of halogens is 1. The number of hydrogen-bond donors (Lipinski definition) is 2. The van der Waals surface area contributed by atoms with Gasteiger partial charge in [-0.25, -0.2) is 8.42 Å². The Balaban J connectivity index is 1.51. The van der Waals surface area contributed by atoms with Gasteiger partial charge >= 0.3 is 5.97 Å². The summed E-state index contributed by atoms with van der Waals surface area (Å²) in [6.07, 6.45) is 3.28. The van der Waals surface area contributed by atoms with Gasteiger partial charge < -0.3 is 5.11 Å². The third-order valence-electron chi connectivity index (χ3n) is 6.59. The molecule has 0 radical (unpaired) electrons. The zero-order valence-electron chi connectivity index (χ0n) is 19.1. The molecule has 1 unspecified atom stereocenters. The number of nitrogens with zero attached hydrogens (tertiary/aromatic N) is 1. The molecular weight excluding hydrogens is 496 g/mol. The third kappa shape index (κ3) is 4.53. The lowest BCUT2D eigenvalue weighted by atomic mass is 10.1. The fourth-order valence-corrected chi connectivity index (χ4v) is 6.31. The van der Waals surface area contributed by atoms with Gasteiger partial charge in [0.1, 0.15) is 10.9 Å². The largest absolute Gasteiger partial charge is 0.480 e. The van der Waals surface area contributed by atoms with E-state index in [0.717, 1.165) is 16.7 Å². The van der Waals surface area contributed by atoms with Crippen molar-refractivity contribution in [3.8, 4) is 11.1 Å². The molecule has 182 valence electrons. The second-order valence-electron chi connectivity index (χ2n) is 8.83. The van der Waals surface area contributed by atoms with Crippen molar-refractivity contribution in [2.75, 3.05) is 0 Å². The Hall–Kier alpha value is -3.52. The SMILES string of the molecule is O=C(O)[C@@]1(NC(c2cccnc2)S(=O)(=O)c2ccc(-c3ccc(Cl)cc3)cc2)C[C@H]1c1ccccc1. The molecule has 1 aliphatic carbocycles. The molecular formula is C28H23ClN2O4S. The summed E-state index contributed by atoms with van der Waals surface area (Å²) in [5.41, 5.74) is 1.56. The normalized spacial score (nSPS) is 20.0. The van der Waals surface area contributed by atoms with Gasteiger partial charge in [-0.05, 0) is 53.4 Å². The van der Waals surface area contributed by atoms with Crippen LogP contribution in [0.3, 0.4) is 0 Å². The first-order chi connectivity index (χ1) is 17.3. The Bertz CT molecular complexity index is 1480. The number of sulfone groups is 1. The van der Waals surface area contributed by atoms with Crippen LogP contribution < -0.4 is 5.32 Å². The molecule has 0 bridgehead atoms. The molecule has 0 aliphatic heterocycles. The fourth-order valence-electron chi connectivity index (χ4n) is 4.53. The molecule has 6 nitrogen and oxygen atoms in total. The molecule has 1 aromatic heterocycles. The van der Waals surface area contributed by atoms with E-state index in [0.29, 0.717) is 10.6 Å². The molecule has 0 amide bonds. The van der Waals surface area contributed by atoms with Crippen LogP contribution in [0.25, 0.3) is 11.1 Å². The maximum Gasteiger partial charge on any atom is 0.324 e. The van der Waals surface area contributed by atoms with Gasteiger partial charge in [0.15, 0.2) is 9.84 Å². The van der Waals surface area contributed by atoms with Crippen LogP contribution in [-0.4, -0.2) is 30.0 Å². The summed E-state index contributed by atoms with van der Waals surface area (Å²) in [4.78, 5) is 16.6. The van der Waals surface area contributed by atoms with E-state index in [4.69, 9.17) is 11.6 Å². The number of carbonyl (C=O) groups is 1. The van der Waals surface area contributed by atoms with Gasteiger partial charge in [-0.3, -0.25) is 15.1 Å². The molecule has 4 aromatic rings. The summed E-state index contributed by atoms with van der Waals surface area (Å²) in [5.74, 6) is -1.43. The van der Waals surface area contributed by atoms with Gasteiger partial charge in [-0.2, -0.15) is 0 Å². The molecule has 0 spiro atoms. The van der Waals surface area contributed by atoms with Crippen LogP contribution in [0.5, 0.6) is 0 Å². The second kappa shape index (κ2) is 9.50. The first kappa shape index (κ1) is 24.2. The Morgan fingerprint density at radius 1 is 0.944 bits per heavy atom. The van der Waals surface area contributed by atoms with Gasteiger partial charge in [-0.15, -0.1) is 0 Å². The zero-order valence-corrected chi connectivity index (χ0v) is 20.7. The van der Waals surface area contributed by atoms with Crippen LogP contribution >= 0.6 is 11.6 Å². The quantitative estimate of drug-likeness (QED) is 0.321. The highest BCUT2D eigenvalue weighted by Gasteiger charge is 2.63. The zero-order chi connectivity index (χ0) is 25.3. The average Bonchev–Trinajstić information content (AvgIpc) is 3.65. The van der Waals surface area contributed by atoms with Crippen LogP contribution in [0, 0.1) is 0 Å². The van der Waals surface area contributed by atoms with E-state index in [1.165, 1.54) is 6.20 Å². The molecule has 2 N–H and O–H groups in total. The van der Waals surface area contributed by atoms with Gasteiger partial charge in [0.05, 0.1) is 4.90 Å². The summed E-state index contributed by atoms with van der Waals surface area (Å²) in [6, 6.07) is 26.4. The lowest BCUT2D eigenvalue weighted by Gasteiger charge is -2.25. The maximum absolute atomic E-state index is 13.9. The van der Waals surface area contributed by atoms with E-state index in [2.05, 4.69) is 10.3 Å². The number of aromatic nitrogens is 1. The Morgan fingerprint density at radius 3 is 2.17 bits per heavy atom. The molecule has 1 aliphatic rings. The number of rotatable bonds is 8. The second-order valence-corrected chi connectivity index (χ2v) is 11.3. The molecule has 1 heterocycles. The van der Waals surface area contributed by atoms with Gasteiger partial charge in [-0.1, -0.05) is 72.3 Å². The summed E-state index contributed by atoms with van der Waals surface area (Å²) < 4.78 is 27.8. The van der Waals surface area contributed by atoms with E-state index in [9.17, 15) is 18.3 Å². The standard InChI is InChI=1S/C28H23ClN2O4S/c29-23-12-8-19(9-13-23)20-10-14-24(15-11-20)36(34,35)26(22-7-4-16-30-18-22)31-28(27(32)33)17-25(28)21-5-2-1-3-6-21/h1-16,18,25-26,31H,17H2,(H,32,33)/t25-,26?,28+/m0/s1. The number of hydrogen-bond acceptors (Lipinski definition) is 5. The summed E-state index contributed by atoms with van der Waals surface area (Å²) in [6.45, 7) is 0. The Kier molecular flexibility index (Phi) is 6.38. The number of carboxylic acid groups (broad SMARTS) is 1. The minimum atomic E-state index is -4.03. The molecule has 1 fully saturated rings. The van der Waals surface area contributed by atoms with Crippen molar-refractivity contribution in [2.24, 2.45) is 0 Å². The van der Waals surface area contributed by atoms with Crippen LogP contribution in [0.15, 0.2) is 108 Å². The van der Waals surface area contributed by atoms with E-state index in [1.807, 2.05) is 42.5 Å². The highest BCUT2D eigenvalue weighted by molar-refractivity contribution is 7.91. The fraction of sp³-hybridized carbons (Fsp3) is 0.143. The first-order valence-corrected chi connectivity index (χ1v) is 13.3.